The van der Waals surface area contributed by atoms with Crippen LogP contribution < -0.4 is 5.32 Å². The molecule has 3 aromatic heterocycles. The van der Waals surface area contributed by atoms with Gasteiger partial charge in [-0.2, -0.15) is 0 Å². The quantitative estimate of drug-likeness (QED) is 0.728. The van der Waals surface area contributed by atoms with Crippen molar-refractivity contribution in [2.45, 2.75) is 13.5 Å². The summed E-state index contributed by atoms with van der Waals surface area (Å²) in [5, 5.41) is 4.25. The standard InChI is InChI=1S/C12H12N6/c1-8-4-10-11(16-7-17-12(10)18-8)14-5-9-2-3-13-6-15-9/h2-4,6-7H,5H2,1H3,(H2,14,16,17,18). The minimum Gasteiger partial charge on any atom is -0.364 e. The number of anilines is 1. The molecule has 6 heteroatoms. The fourth-order valence-electron chi connectivity index (χ4n) is 1.81. The summed E-state index contributed by atoms with van der Waals surface area (Å²) >= 11 is 0. The van der Waals surface area contributed by atoms with Crippen molar-refractivity contribution in [3.63, 3.8) is 0 Å². The first-order valence-corrected chi connectivity index (χ1v) is 5.62. The highest BCUT2D eigenvalue weighted by molar-refractivity contribution is 5.87. The lowest BCUT2D eigenvalue weighted by molar-refractivity contribution is 0.996. The van der Waals surface area contributed by atoms with Gasteiger partial charge in [-0.3, -0.25) is 0 Å². The van der Waals surface area contributed by atoms with Gasteiger partial charge in [-0.15, -0.1) is 0 Å². The molecule has 0 amide bonds. The van der Waals surface area contributed by atoms with E-state index in [2.05, 4.69) is 30.2 Å². The smallest absolute Gasteiger partial charge is 0.143 e. The molecule has 0 aliphatic carbocycles. The average Bonchev–Trinajstić information content (AvgIpc) is 2.78. The molecule has 0 bridgehead atoms. The Morgan fingerprint density at radius 1 is 1.22 bits per heavy atom. The van der Waals surface area contributed by atoms with E-state index in [4.69, 9.17) is 0 Å². The number of H-pyrrole nitrogens is 1. The van der Waals surface area contributed by atoms with Gasteiger partial charge in [-0.25, -0.2) is 19.9 Å². The van der Waals surface area contributed by atoms with Gasteiger partial charge in [0, 0.05) is 11.9 Å². The Hall–Kier alpha value is -2.50. The molecule has 0 aliphatic heterocycles. The van der Waals surface area contributed by atoms with Gasteiger partial charge in [0.05, 0.1) is 17.6 Å². The van der Waals surface area contributed by atoms with Crippen LogP contribution >= 0.6 is 0 Å². The molecule has 18 heavy (non-hydrogen) atoms. The van der Waals surface area contributed by atoms with E-state index in [1.165, 1.54) is 6.33 Å². The lowest BCUT2D eigenvalue weighted by Gasteiger charge is -2.05. The summed E-state index contributed by atoms with van der Waals surface area (Å²) in [5.74, 6) is 0.808. The van der Waals surface area contributed by atoms with Gasteiger partial charge in [0.15, 0.2) is 0 Å². The summed E-state index contributed by atoms with van der Waals surface area (Å²) in [4.78, 5) is 19.7. The second kappa shape index (κ2) is 4.40. The number of hydrogen-bond donors (Lipinski definition) is 2. The number of nitrogens with one attached hydrogen (secondary N) is 2. The zero-order chi connectivity index (χ0) is 12.4. The van der Waals surface area contributed by atoms with Crippen LogP contribution in [-0.2, 0) is 6.54 Å². The molecule has 90 valence electrons. The summed E-state index contributed by atoms with van der Waals surface area (Å²) in [6.07, 6.45) is 4.80. The molecule has 0 fully saturated rings. The lowest BCUT2D eigenvalue weighted by atomic mass is 10.3. The summed E-state index contributed by atoms with van der Waals surface area (Å²) < 4.78 is 0. The van der Waals surface area contributed by atoms with E-state index in [1.54, 1.807) is 12.5 Å². The summed E-state index contributed by atoms with van der Waals surface area (Å²) in [6.45, 7) is 2.61. The van der Waals surface area contributed by atoms with Crippen LogP contribution in [0.25, 0.3) is 11.0 Å². The zero-order valence-electron chi connectivity index (χ0n) is 9.88. The van der Waals surface area contributed by atoms with E-state index in [0.29, 0.717) is 6.54 Å². The van der Waals surface area contributed by atoms with Crippen molar-refractivity contribution in [2.75, 3.05) is 5.32 Å². The molecule has 0 unspecified atom stereocenters. The highest BCUT2D eigenvalue weighted by atomic mass is 15.0. The van der Waals surface area contributed by atoms with Crippen molar-refractivity contribution in [1.29, 1.82) is 0 Å². The van der Waals surface area contributed by atoms with Gasteiger partial charge in [-0.1, -0.05) is 0 Å². The number of hydrogen-bond acceptors (Lipinski definition) is 5. The van der Waals surface area contributed by atoms with Crippen LogP contribution in [0.3, 0.4) is 0 Å². The fraction of sp³-hybridized carbons (Fsp3) is 0.167. The third-order valence-corrected chi connectivity index (χ3v) is 2.64. The van der Waals surface area contributed by atoms with Crippen molar-refractivity contribution >= 4 is 16.9 Å². The van der Waals surface area contributed by atoms with Crippen LogP contribution in [0.15, 0.2) is 31.0 Å². The SMILES string of the molecule is Cc1cc2c(NCc3ccncn3)ncnc2[nH]1. The minimum atomic E-state index is 0.610. The van der Waals surface area contributed by atoms with E-state index in [9.17, 15) is 0 Å². The molecule has 3 heterocycles. The lowest BCUT2D eigenvalue weighted by Crippen LogP contribution is -2.03. The maximum absolute atomic E-state index is 4.25. The molecular weight excluding hydrogens is 228 g/mol. The van der Waals surface area contributed by atoms with E-state index < -0.39 is 0 Å². The van der Waals surface area contributed by atoms with E-state index in [0.717, 1.165) is 28.2 Å². The molecule has 0 spiro atoms. The molecule has 0 aliphatic rings. The van der Waals surface area contributed by atoms with Crippen LogP contribution in [0, 0.1) is 6.92 Å². The highest BCUT2D eigenvalue weighted by Crippen LogP contribution is 2.19. The highest BCUT2D eigenvalue weighted by Gasteiger charge is 2.05. The van der Waals surface area contributed by atoms with Crippen molar-refractivity contribution in [1.82, 2.24) is 24.9 Å². The van der Waals surface area contributed by atoms with Crippen molar-refractivity contribution in [2.24, 2.45) is 0 Å². The first-order chi connectivity index (χ1) is 8.83. The summed E-state index contributed by atoms with van der Waals surface area (Å²) in [6, 6.07) is 3.89. The number of nitrogens with zero attached hydrogens (tertiary/aromatic N) is 4. The Balaban J connectivity index is 1.86. The Morgan fingerprint density at radius 3 is 3.00 bits per heavy atom. The maximum atomic E-state index is 4.25. The molecule has 3 rings (SSSR count). The van der Waals surface area contributed by atoms with Gasteiger partial charge in [0.1, 0.15) is 24.1 Å². The van der Waals surface area contributed by atoms with Gasteiger partial charge in [0.2, 0.25) is 0 Å². The van der Waals surface area contributed by atoms with Crippen LogP contribution in [0.5, 0.6) is 0 Å². The minimum absolute atomic E-state index is 0.610. The van der Waals surface area contributed by atoms with Gasteiger partial charge >= 0.3 is 0 Å². The molecule has 2 N–H and O–H groups in total. The molecule has 0 atom stereocenters. The van der Waals surface area contributed by atoms with Gasteiger partial charge in [-0.05, 0) is 19.1 Å². The average molecular weight is 240 g/mol. The molecular formula is C12H12N6. The number of aryl methyl sites for hydroxylation is 1. The number of rotatable bonds is 3. The second-order valence-corrected chi connectivity index (χ2v) is 3.99. The normalized spacial score (nSPS) is 10.7. The van der Waals surface area contributed by atoms with E-state index >= 15 is 0 Å². The monoisotopic (exact) mass is 240 g/mol. The Bertz CT molecular complexity index is 661. The van der Waals surface area contributed by atoms with Crippen LogP contribution in [-0.4, -0.2) is 24.9 Å². The van der Waals surface area contributed by atoms with Crippen molar-refractivity contribution < 1.29 is 0 Å². The fourth-order valence-corrected chi connectivity index (χ4v) is 1.81. The first kappa shape index (κ1) is 10.6. The molecule has 0 saturated carbocycles. The molecule has 6 nitrogen and oxygen atoms in total. The Labute approximate surface area is 104 Å². The largest absolute Gasteiger partial charge is 0.364 e. The third-order valence-electron chi connectivity index (χ3n) is 2.64. The number of aromatic amines is 1. The predicted octanol–water partition coefficient (Wildman–Crippen LogP) is 1.67. The number of fused-ring (bicyclic) bond motifs is 1. The van der Waals surface area contributed by atoms with Crippen molar-refractivity contribution in [3.05, 3.63) is 42.4 Å². The van der Waals surface area contributed by atoms with Crippen molar-refractivity contribution in [3.8, 4) is 0 Å². The molecule has 3 aromatic rings. The third kappa shape index (κ3) is 2.00. The van der Waals surface area contributed by atoms with Crippen LogP contribution in [0.1, 0.15) is 11.4 Å². The molecule has 0 radical (unpaired) electrons. The van der Waals surface area contributed by atoms with E-state index in [1.807, 2.05) is 19.1 Å². The molecule has 0 aromatic carbocycles. The Morgan fingerprint density at radius 2 is 2.17 bits per heavy atom. The topological polar surface area (TPSA) is 79.4 Å². The Kier molecular flexibility index (Phi) is 2.60. The van der Waals surface area contributed by atoms with Gasteiger partial charge in [0.25, 0.3) is 0 Å². The van der Waals surface area contributed by atoms with Crippen LogP contribution in [0.2, 0.25) is 0 Å². The first-order valence-electron chi connectivity index (χ1n) is 5.62. The molecule has 0 saturated heterocycles. The van der Waals surface area contributed by atoms with Crippen LogP contribution in [0.4, 0.5) is 5.82 Å². The maximum Gasteiger partial charge on any atom is 0.143 e. The second-order valence-electron chi connectivity index (χ2n) is 3.99. The van der Waals surface area contributed by atoms with Gasteiger partial charge < -0.3 is 10.3 Å². The zero-order valence-corrected chi connectivity index (χ0v) is 9.88. The van der Waals surface area contributed by atoms with E-state index in [-0.39, 0.29) is 0 Å². The summed E-state index contributed by atoms with van der Waals surface area (Å²) in [5.41, 5.74) is 2.83. The number of aromatic nitrogens is 5. The summed E-state index contributed by atoms with van der Waals surface area (Å²) in [7, 11) is 0. The predicted molar refractivity (Wildman–Crippen MR) is 68.0 cm³/mol.